The first-order valence-corrected chi connectivity index (χ1v) is 7.79. The highest BCUT2D eigenvalue weighted by Gasteiger charge is 2.11. The van der Waals surface area contributed by atoms with Gasteiger partial charge in [0, 0.05) is 16.6 Å². The molecule has 0 bridgehead atoms. The summed E-state index contributed by atoms with van der Waals surface area (Å²) in [6.45, 7) is 0.373. The van der Waals surface area contributed by atoms with Gasteiger partial charge in [-0.1, -0.05) is 53.0 Å². The average molecular weight is 374 g/mol. The Morgan fingerprint density at radius 3 is 2.45 bits per heavy atom. The van der Waals surface area contributed by atoms with Crippen molar-refractivity contribution in [1.29, 1.82) is 0 Å². The zero-order valence-electron chi connectivity index (χ0n) is 11.2. The van der Waals surface area contributed by atoms with Crippen LogP contribution in [0.5, 0.6) is 0 Å². The molecule has 0 fully saturated rings. The van der Waals surface area contributed by atoms with Crippen LogP contribution >= 0.6 is 47.0 Å². The Bertz CT molecular complexity index is 722. The summed E-state index contributed by atoms with van der Waals surface area (Å²) < 4.78 is 0. The van der Waals surface area contributed by atoms with Gasteiger partial charge in [-0.15, -0.1) is 0 Å². The van der Waals surface area contributed by atoms with E-state index in [4.69, 9.17) is 47.0 Å². The van der Waals surface area contributed by atoms with E-state index in [0.29, 0.717) is 27.2 Å². The van der Waals surface area contributed by atoms with E-state index in [0.717, 1.165) is 5.56 Å². The van der Waals surface area contributed by atoms with Crippen molar-refractivity contribution >= 4 is 58.0 Å². The minimum Gasteiger partial charge on any atom is -0.358 e. The topological polar surface area (TPSA) is 41.1 Å². The Labute approximate surface area is 148 Å². The molecule has 2 N–H and O–H groups in total. The summed E-state index contributed by atoms with van der Waals surface area (Å²) in [7, 11) is 0. The maximum absolute atomic E-state index is 12.0. The predicted octanol–water partition coefficient (Wildman–Crippen LogP) is 4.45. The highest BCUT2D eigenvalue weighted by Crippen LogP contribution is 2.20. The van der Waals surface area contributed by atoms with Crippen molar-refractivity contribution in [3.63, 3.8) is 0 Å². The minimum atomic E-state index is -0.370. The van der Waals surface area contributed by atoms with E-state index in [1.54, 1.807) is 42.5 Å². The van der Waals surface area contributed by atoms with Crippen LogP contribution in [0.25, 0.3) is 0 Å². The normalized spacial score (nSPS) is 10.1. The number of nitrogens with one attached hydrogen (secondary N) is 2. The van der Waals surface area contributed by atoms with Crippen LogP contribution in [0.3, 0.4) is 0 Å². The lowest BCUT2D eigenvalue weighted by molar-refractivity contribution is 0.0977. The third-order valence-corrected chi connectivity index (χ3v) is 3.96. The molecule has 2 rings (SSSR count). The molecule has 0 saturated carbocycles. The van der Waals surface area contributed by atoms with E-state index in [1.165, 1.54) is 0 Å². The van der Waals surface area contributed by atoms with Gasteiger partial charge < -0.3 is 5.32 Å². The van der Waals surface area contributed by atoms with Gasteiger partial charge in [0.1, 0.15) is 0 Å². The van der Waals surface area contributed by atoms with E-state index in [1.807, 2.05) is 0 Å². The van der Waals surface area contributed by atoms with Crippen molar-refractivity contribution in [3.8, 4) is 0 Å². The largest absolute Gasteiger partial charge is 0.358 e. The molecule has 0 heterocycles. The van der Waals surface area contributed by atoms with Gasteiger partial charge in [0.25, 0.3) is 5.91 Å². The molecule has 7 heteroatoms. The molecule has 0 unspecified atom stereocenters. The van der Waals surface area contributed by atoms with Crippen LogP contribution in [0.15, 0.2) is 42.5 Å². The third-order valence-electron chi connectivity index (χ3n) is 2.80. The van der Waals surface area contributed by atoms with E-state index in [-0.39, 0.29) is 11.0 Å². The van der Waals surface area contributed by atoms with Crippen LogP contribution in [0.4, 0.5) is 0 Å². The number of hydrogen-bond donors (Lipinski definition) is 2. The fraction of sp³-hybridized carbons (Fsp3) is 0.0667. The number of thiocarbonyl (C=S) groups is 1. The lowest BCUT2D eigenvalue weighted by Gasteiger charge is -2.11. The van der Waals surface area contributed by atoms with Gasteiger partial charge in [-0.3, -0.25) is 10.1 Å². The predicted molar refractivity (Wildman–Crippen MR) is 94.8 cm³/mol. The standard InChI is InChI=1S/C15H11Cl3N2OS/c16-10-6-5-9(13(18)7-10)8-19-15(22)20-14(21)11-3-1-2-4-12(11)17/h1-7H,8H2,(H2,19,20,21,22). The van der Waals surface area contributed by atoms with Gasteiger partial charge in [-0.2, -0.15) is 0 Å². The average Bonchev–Trinajstić information content (AvgIpc) is 2.46. The molecule has 1 amide bonds. The van der Waals surface area contributed by atoms with Crippen LogP contribution in [-0.2, 0) is 6.54 Å². The Morgan fingerprint density at radius 2 is 1.77 bits per heavy atom. The molecule has 0 spiro atoms. The smallest absolute Gasteiger partial charge is 0.258 e. The fourth-order valence-corrected chi connectivity index (χ4v) is 2.56. The second-order valence-corrected chi connectivity index (χ2v) is 6.01. The molecule has 114 valence electrons. The zero-order valence-corrected chi connectivity index (χ0v) is 14.3. The van der Waals surface area contributed by atoms with Gasteiger partial charge in [-0.05, 0) is 42.0 Å². The Kier molecular flexibility index (Phi) is 6.03. The summed E-state index contributed by atoms with van der Waals surface area (Å²) in [5.74, 6) is -0.370. The number of hydrogen-bond acceptors (Lipinski definition) is 2. The number of rotatable bonds is 3. The number of benzene rings is 2. The molecule has 2 aromatic rings. The molecule has 0 atom stereocenters. The van der Waals surface area contributed by atoms with Gasteiger partial charge in [0.15, 0.2) is 5.11 Å². The molecular formula is C15H11Cl3N2OS. The fourth-order valence-electron chi connectivity index (χ4n) is 1.70. The first-order valence-electron chi connectivity index (χ1n) is 6.25. The van der Waals surface area contributed by atoms with Crippen molar-refractivity contribution in [2.24, 2.45) is 0 Å². The maximum atomic E-state index is 12.0. The molecule has 0 aliphatic rings. The van der Waals surface area contributed by atoms with Crippen LogP contribution in [-0.4, -0.2) is 11.0 Å². The lowest BCUT2D eigenvalue weighted by Crippen LogP contribution is -2.39. The lowest BCUT2D eigenvalue weighted by atomic mass is 10.2. The Morgan fingerprint density at radius 1 is 1.05 bits per heavy atom. The SMILES string of the molecule is O=C(NC(=S)NCc1ccc(Cl)cc1Cl)c1ccccc1Cl. The van der Waals surface area contributed by atoms with Crippen LogP contribution < -0.4 is 10.6 Å². The first-order chi connectivity index (χ1) is 10.5. The van der Waals surface area contributed by atoms with Gasteiger partial charge in [-0.25, -0.2) is 0 Å². The summed E-state index contributed by atoms with van der Waals surface area (Å²) >= 11 is 22.9. The maximum Gasteiger partial charge on any atom is 0.258 e. The minimum absolute atomic E-state index is 0.191. The summed E-state index contributed by atoms with van der Waals surface area (Å²) in [6.07, 6.45) is 0. The molecule has 0 aliphatic carbocycles. The number of amides is 1. The van der Waals surface area contributed by atoms with Gasteiger partial charge >= 0.3 is 0 Å². The second-order valence-electron chi connectivity index (χ2n) is 4.35. The molecule has 3 nitrogen and oxygen atoms in total. The molecule has 22 heavy (non-hydrogen) atoms. The molecule has 0 saturated heterocycles. The monoisotopic (exact) mass is 372 g/mol. The van der Waals surface area contributed by atoms with Gasteiger partial charge in [0.05, 0.1) is 10.6 Å². The molecule has 0 aliphatic heterocycles. The summed E-state index contributed by atoms with van der Waals surface area (Å²) in [5.41, 5.74) is 1.18. The van der Waals surface area contributed by atoms with E-state index < -0.39 is 0 Å². The van der Waals surface area contributed by atoms with Crippen molar-refractivity contribution in [2.75, 3.05) is 0 Å². The summed E-state index contributed by atoms with van der Waals surface area (Å²) in [6, 6.07) is 11.9. The van der Waals surface area contributed by atoms with Crippen LogP contribution in [0.1, 0.15) is 15.9 Å². The van der Waals surface area contributed by atoms with Crippen molar-refractivity contribution < 1.29 is 4.79 Å². The quantitative estimate of drug-likeness (QED) is 0.781. The Balaban J connectivity index is 1.93. The summed E-state index contributed by atoms with van der Waals surface area (Å²) in [5, 5.41) is 7.12. The van der Waals surface area contributed by atoms with Crippen LogP contribution in [0.2, 0.25) is 15.1 Å². The second kappa shape index (κ2) is 7.79. The molecule has 0 aromatic heterocycles. The van der Waals surface area contributed by atoms with Crippen molar-refractivity contribution in [3.05, 3.63) is 68.7 Å². The van der Waals surface area contributed by atoms with Gasteiger partial charge in [0.2, 0.25) is 0 Å². The van der Waals surface area contributed by atoms with E-state index in [9.17, 15) is 4.79 Å². The molecular weight excluding hydrogens is 363 g/mol. The number of carbonyl (C=O) groups is 1. The van der Waals surface area contributed by atoms with Crippen molar-refractivity contribution in [2.45, 2.75) is 6.54 Å². The van der Waals surface area contributed by atoms with E-state index in [2.05, 4.69) is 10.6 Å². The third kappa shape index (κ3) is 4.58. The molecule has 0 radical (unpaired) electrons. The molecule has 2 aromatic carbocycles. The van der Waals surface area contributed by atoms with Crippen molar-refractivity contribution in [1.82, 2.24) is 10.6 Å². The van der Waals surface area contributed by atoms with E-state index >= 15 is 0 Å². The summed E-state index contributed by atoms with van der Waals surface area (Å²) in [4.78, 5) is 12.0. The first kappa shape index (κ1) is 17.0. The Hall–Kier alpha value is -1.33. The number of halogens is 3. The highest BCUT2D eigenvalue weighted by molar-refractivity contribution is 7.80. The number of carbonyl (C=O) groups excluding carboxylic acids is 1. The zero-order chi connectivity index (χ0) is 16.1. The van der Waals surface area contributed by atoms with Crippen LogP contribution in [0, 0.1) is 0 Å². The highest BCUT2D eigenvalue weighted by atomic mass is 35.5.